The summed E-state index contributed by atoms with van der Waals surface area (Å²) in [5.41, 5.74) is 1.36. The number of aliphatic hydroxyl groups is 1. The Balaban J connectivity index is 1.97. The maximum Gasteiger partial charge on any atom is 0.0682 e. The zero-order valence-electron chi connectivity index (χ0n) is 10.3. The summed E-state index contributed by atoms with van der Waals surface area (Å²) in [4.78, 5) is 0. The molecule has 17 heavy (non-hydrogen) atoms. The van der Waals surface area contributed by atoms with Gasteiger partial charge in [-0.2, -0.15) is 0 Å². The van der Waals surface area contributed by atoms with Crippen LogP contribution in [-0.2, 0) is 6.42 Å². The smallest absolute Gasteiger partial charge is 0.0682 e. The highest BCUT2D eigenvalue weighted by Gasteiger charge is 2.38. The highest BCUT2D eigenvalue weighted by Crippen LogP contribution is 2.39. The van der Waals surface area contributed by atoms with Crippen LogP contribution in [0.2, 0.25) is 0 Å². The van der Waals surface area contributed by atoms with Crippen molar-refractivity contribution in [2.24, 2.45) is 17.8 Å². The van der Waals surface area contributed by atoms with Crippen molar-refractivity contribution in [3.8, 4) is 12.3 Å². The molecule has 0 spiro atoms. The highest BCUT2D eigenvalue weighted by atomic mass is 16.3. The number of terminal acetylenes is 1. The van der Waals surface area contributed by atoms with Crippen molar-refractivity contribution in [3.63, 3.8) is 0 Å². The lowest BCUT2D eigenvalue weighted by molar-refractivity contribution is 0.144. The van der Waals surface area contributed by atoms with Crippen molar-refractivity contribution < 1.29 is 5.11 Å². The minimum atomic E-state index is -0.296. The van der Waals surface area contributed by atoms with Crippen LogP contribution in [0.4, 0.5) is 0 Å². The fraction of sp³-hybridized carbons (Fsp3) is 0.500. The van der Waals surface area contributed by atoms with Crippen LogP contribution in [0.3, 0.4) is 0 Å². The molecule has 90 valence electrons. The Bertz CT molecular complexity index is 390. The molecule has 0 bridgehead atoms. The SMILES string of the molecule is C#C[C@H]1[C@H](O)CC(C)[C@@H]1CCc1ccccc1. The molecule has 0 aromatic heterocycles. The lowest BCUT2D eigenvalue weighted by Crippen LogP contribution is -2.18. The van der Waals surface area contributed by atoms with E-state index in [0.29, 0.717) is 11.8 Å². The summed E-state index contributed by atoms with van der Waals surface area (Å²) in [7, 11) is 0. The van der Waals surface area contributed by atoms with E-state index in [-0.39, 0.29) is 12.0 Å². The van der Waals surface area contributed by atoms with Crippen LogP contribution in [0.5, 0.6) is 0 Å². The van der Waals surface area contributed by atoms with Crippen molar-refractivity contribution in [1.82, 2.24) is 0 Å². The van der Waals surface area contributed by atoms with Crippen LogP contribution in [0, 0.1) is 30.1 Å². The molecule has 1 aromatic carbocycles. The van der Waals surface area contributed by atoms with E-state index in [9.17, 15) is 5.11 Å². The average Bonchev–Trinajstić information content (AvgIpc) is 2.62. The summed E-state index contributed by atoms with van der Waals surface area (Å²) in [5.74, 6) is 3.83. The monoisotopic (exact) mass is 228 g/mol. The van der Waals surface area contributed by atoms with Crippen molar-refractivity contribution in [3.05, 3.63) is 35.9 Å². The molecule has 1 saturated carbocycles. The second kappa shape index (κ2) is 5.38. The predicted molar refractivity (Wildman–Crippen MR) is 70.4 cm³/mol. The van der Waals surface area contributed by atoms with Gasteiger partial charge in [0.15, 0.2) is 0 Å². The topological polar surface area (TPSA) is 20.2 Å². The molecule has 0 aliphatic heterocycles. The van der Waals surface area contributed by atoms with Gasteiger partial charge in [-0.3, -0.25) is 0 Å². The number of hydrogen-bond donors (Lipinski definition) is 1. The maximum absolute atomic E-state index is 9.88. The first-order valence-electron chi connectivity index (χ1n) is 6.40. The Morgan fingerprint density at radius 2 is 2.06 bits per heavy atom. The van der Waals surface area contributed by atoms with Crippen LogP contribution in [0.25, 0.3) is 0 Å². The molecule has 1 aliphatic carbocycles. The van der Waals surface area contributed by atoms with E-state index in [4.69, 9.17) is 6.42 Å². The molecular weight excluding hydrogens is 208 g/mol. The standard InChI is InChI=1S/C16H20O/c1-3-14-15(12(2)11-16(14)17)10-9-13-7-5-4-6-8-13/h1,4-8,12,14-17H,9-11H2,2H3/t12?,14-,15+,16-/m1/s1. The molecule has 1 unspecified atom stereocenters. The van der Waals surface area contributed by atoms with Gasteiger partial charge in [0.05, 0.1) is 6.10 Å². The largest absolute Gasteiger partial charge is 0.392 e. The normalized spacial score (nSPS) is 32.3. The molecule has 1 fully saturated rings. The van der Waals surface area contributed by atoms with Crippen LogP contribution in [0.15, 0.2) is 30.3 Å². The highest BCUT2D eigenvalue weighted by molar-refractivity contribution is 5.15. The molecule has 2 rings (SSSR count). The summed E-state index contributed by atoms with van der Waals surface area (Å²) in [5, 5.41) is 9.88. The second-order valence-corrected chi connectivity index (χ2v) is 5.16. The van der Waals surface area contributed by atoms with Crippen molar-refractivity contribution in [2.45, 2.75) is 32.3 Å². The summed E-state index contributed by atoms with van der Waals surface area (Å²) in [6.45, 7) is 2.20. The number of aryl methyl sites for hydroxylation is 1. The second-order valence-electron chi connectivity index (χ2n) is 5.16. The number of aliphatic hydroxyl groups excluding tert-OH is 1. The first kappa shape index (κ1) is 12.2. The van der Waals surface area contributed by atoms with E-state index in [1.165, 1.54) is 5.56 Å². The molecule has 1 heteroatoms. The van der Waals surface area contributed by atoms with Gasteiger partial charge in [0.2, 0.25) is 0 Å². The zero-order valence-corrected chi connectivity index (χ0v) is 10.3. The Kier molecular flexibility index (Phi) is 3.86. The van der Waals surface area contributed by atoms with Crippen LogP contribution >= 0.6 is 0 Å². The van der Waals surface area contributed by atoms with E-state index in [1.807, 2.05) is 6.07 Å². The van der Waals surface area contributed by atoms with Gasteiger partial charge in [-0.25, -0.2) is 0 Å². The van der Waals surface area contributed by atoms with E-state index < -0.39 is 0 Å². The summed E-state index contributed by atoms with van der Waals surface area (Å²) in [6, 6.07) is 10.5. The fourth-order valence-electron chi connectivity index (χ4n) is 3.02. The van der Waals surface area contributed by atoms with Crippen LogP contribution in [-0.4, -0.2) is 11.2 Å². The summed E-state index contributed by atoms with van der Waals surface area (Å²) in [6.07, 6.45) is 8.23. The molecule has 1 aromatic rings. The molecule has 0 saturated heterocycles. The van der Waals surface area contributed by atoms with E-state index in [1.54, 1.807) is 0 Å². The third-order valence-corrected chi connectivity index (χ3v) is 4.02. The summed E-state index contributed by atoms with van der Waals surface area (Å²) < 4.78 is 0. The Morgan fingerprint density at radius 1 is 1.35 bits per heavy atom. The van der Waals surface area contributed by atoms with Gasteiger partial charge >= 0.3 is 0 Å². The first-order valence-corrected chi connectivity index (χ1v) is 6.40. The molecule has 4 atom stereocenters. The van der Waals surface area contributed by atoms with E-state index in [0.717, 1.165) is 19.3 Å². The minimum Gasteiger partial charge on any atom is -0.392 e. The van der Waals surface area contributed by atoms with Gasteiger partial charge in [0, 0.05) is 5.92 Å². The van der Waals surface area contributed by atoms with Gasteiger partial charge in [-0.15, -0.1) is 12.3 Å². The third-order valence-electron chi connectivity index (χ3n) is 4.02. The van der Waals surface area contributed by atoms with E-state index in [2.05, 4.69) is 37.1 Å². The minimum absolute atomic E-state index is 0.0497. The lowest BCUT2D eigenvalue weighted by atomic mass is 9.85. The van der Waals surface area contributed by atoms with Gasteiger partial charge in [-0.05, 0) is 36.7 Å². The Hall–Kier alpha value is -1.26. The molecular formula is C16H20O. The molecule has 1 nitrogen and oxygen atoms in total. The van der Waals surface area contributed by atoms with Crippen LogP contribution in [0.1, 0.15) is 25.3 Å². The molecule has 0 amide bonds. The number of benzene rings is 1. The fourth-order valence-corrected chi connectivity index (χ4v) is 3.02. The number of hydrogen-bond acceptors (Lipinski definition) is 1. The molecule has 1 N–H and O–H groups in total. The number of rotatable bonds is 3. The lowest BCUT2D eigenvalue weighted by Gasteiger charge is -2.19. The Labute approximate surface area is 104 Å². The summed E-state index contributed by atoms with van der Waals surface area (Å²) >= 11 is 0. The Morgan fingerprint density at radius 3 is 2.71 bits per heavy atom. The maximum atomic E-state index is 9.88. The van der Waals surface area contributed by atoms with Crippen molar-refractivity contribution >= 4 is 0 Å². The predicted octanol–water partition coefficient (Wildman–Crippen LogP) is 2.89. The van der Waals surface area contributed by atoms with Crippen LogP contribution < -0.4 is 0 Å². The van der Waals surface area contributed by atoms with Crippen molar-refractivity contribution in [2.75, 3.05) is 0 Å². The quantitative estimate of drug-likeness (QED) is 0.789. The van der Waals surface area contributed by atoms with Gasteiger partial charge in [-0.1, -0.05) is 37.3 Å². The average molecular weight is 228 g/mol. The van der Waals surface area contributed by atoms with Gasteiger partial charge in [0.25, 0.3) is 0 Å². The molecule has 0 radical (unpaired) electrons. The van der Waals surface area contributed by atoms with E-state index >= 15 is 0 Å². The van der Waals surface area contributed by atoms with Gasteiger partial charge < -0.3 is 5.11 Å². The molecule has 0 heterocycles. The van der Waals surface area contributed by atoms with Gasteiger partial charge in [0.1, 0.15) is 0 Å². The molecule has 1 aliphatic rings. The third kappa shape index (κ3) is 2.70. The van der Waals surface area contributed by atoms with Crippen molar-refractivity contribution in [1.29, 1.82) is 0 Å². The first-order chi connectivity index (χ1) is 8.22. The zero-order chi connectivity index (χ0) is 12.3.